The van der Waals surface area contributed by atoms with E-state index in [2.05, 4.69) is 25.7 Å². The molecule has 1 fully saturated rings. The summed E-state index contributed by atoms with van der Waals surface area (Å²) < 4.78 is 34.0. The molecular formula is C17H25NO5S. The third kappa shape index (κ3) is 3.78. The van der Waals surface area contributed by atoms with E-state index in [1.165, 1.54) is 0 Å². The summed E-state index contributed by atoms with van der Waals surface area (Å²) in [4.78, 5) is 12.7. The van der Waals surface area contributed by atoms with Gasteiger partial charge in [-0.2, -0.15) is 0 Å². The second-order valence-electron chi connectivity index (χ2n) is 7.07. The van der Waals surface area contributed by atoms with E-state index in [4.69, 9.17) is 5.11 Å². The van der Waals surface area contributed by atoms with Gasteiger partial charge in [0.25, 0.3) is 0 Å². The first-order valence-corrected chi connectivity index (χ1v) is 9.69. The molecule has 1 saturated heterocycles. The van der Waals surface area contributed by atoms with Crippen LogP contribution in [0, 0.1) is 11.3 Å². The molecule has 24 heavy (non-hydrogen) atoms. The number of fused-ring (bicyclic) bond motifs is 1. The minimum atomic E-state index is -4.41. The van der Waals surface area contributed by atoms with Crippen LogP contribution in [-0.2, 0) is 14.9 Å². The second kappa shape index (κ2) is 6.80. The first kappa shape index (κ1) is 18.9. The van der Waals surface area contributed by atoms with E-state index in [1.807, 2.05) is 6.08 Å². The zero-order valence-electron chi connectivity index (χ0n) is 14.4. The Morgan fingerprint density at radius 1 is 1.42 bits per heavy atom. The van der Waals surface area contributed by atoms with Crippen LogP contribution in [0.2, 0.25) is 0 Å². The lowest BCUT2D eigenvalue weighted by atomic mass is 9.75. The molecule has 1 aliphatic heterocycles. The van der Waals surface area contributed by atoms with Crippen LogP contribution in [0.3, 0.4) is 0 Å². The Hall–Kier alpha value is -1.47. The molecule has 1 aliphatic carbocycles. The Balaban J connectivity index is 2.08. The highest BCUT2D eigenvalue weighted by atomic mass is 32.2. The summed E-state index contributed by atoms with van der Waals surface area (Å²) >= 11 is 0. The number of aliphatic carboxylic acids is 1. The summed E-state index contributed by atoms with van der Waals surface area (Å²) in [5.74, 6) is 0.133. The Labute approximate surface area is 144 Å². The van der Waals surface area contributed by atoms with Crippen molar-refractivity contribution < 1.29 is 22.9 Å². The van der Waals surface area contributed by atoms with Crippen molar-refractivity contribution in [3.8, 4) is 0 Å². The number of rotatable bonds is 7. The van der Waals surface area contributed by atoms with Gasteiger partial charge in [0, 0.05) is 25.1 Å². The Morgan fingerprint density at radius 2 is 2.08 bits per heavy atom. The summed E-state index contributed by atoms with van der Waals surface area (Å²) in [6.07, 6.45) is 6.11. The molecule has 1 atom stereocenters. The predicted octanol–water partition coefficient (Wildman–Crippen LogP) is 2.65. The highest BCUT2D eigenvalue weighted by molar-refractivity contribution is 7.89. The van der Waals surface area contributed by atoms with Crippen molar-refractivity contribution in [2.45, 2.75) is 58.9 Å². The number of allylic oxidation sites excluding steroid dienone is 3. The maximum absolute atomic E-state index is 11.3. The molecule has 0 saturated carbocycles. The summed E-state index contributed by atoms with van der Waals surface area (Å²) in [6, 6.07) is 0.183. The van der Waals surface area contributed by atoms with Gasteiger partial charge in [0.15, 0.2) is 10.1 Å². The van der Waals surface area contributed by atoms with Crippen LogP contribution in [0.25, 0.3) is 0 Å². The van der Waals surface area contributed by atoms with E-state index >= 15 is 0 Å². The highest BCUT2D eigenvalue weighted by Crippen LogP contribution is 2.52. The minimum absolute atomic E-state index is 0.0650. The first-order chi connectivity index (χ1) is 11.0. The third-order valence-electron chi connectivity index (χ3n) is 5.20. The van der Waals surface area contributed by atoms with Crippen molar-refractivity contribution in [3.63, 3.8) is 0 Å². The molecule has 1 unspecified atom stereocenters. The van der Waals surface area contributed by atoms with Crippen molar-refractivity contribution in [2.75, 3.05) is 6.54 Å². The molecule has 1 N–H and O–H groups in total. The Morgan fingerprint density at radius 3 is 2.67 bits per heavy atom. The lowest BCUT2D eigenvalue weighted by molar-refractivity contribution is -0.137. The Kier molecular flexibility index (Phi) is 5.34. The largest absolute Gasteiger partial charge is 0.734 e. The molecule has 0 aromatic carbocycles. The molecule has 7 heteroatoms. The monoisotopic (exact) mass is 355 g/mol. The molecule has 0 spiro atoms. The third-order valence-corrected chi connectivity index (χ3v) is 6.13. The standard InChI is InChI=1S/C17H25NO5S/c1-12-17(2,3)14-11-13(24(21,22)23)8-9-15(14)18(12)10-6-4-5-7-16(19)20/h9,11-12H,4-8,10H2,1-3H3,(H-,19,20,21,22,23). The van der Waals surface area contributed by atoms with Gasteiger partial charge in [-0.15, -0.1) is 0 Å². The van der Waals surface area contributed by atoms with Gasteiger partial charge in [-0.1, -0.05) is 6.42 Å². The average molecular weight is 355 g/mol. The van der Waals surface area contributed by atoms with E-state index in [0.29, 0.717) is 6.42 Å². The van der Waals surface area contributed by atoms with Crippen LogP contribution >= 0.6 is 0 Å². The van der Waals surface area contributed by atoms with Gasteiger partial charge in [-0.25, -0.2) is 8.42 Å². The predicted molar refractivity (Wildman–Crippen MR) is 89.8 cm³/mol. The molecule has 6 nitrogen and oxygen atoms in total. The lowest BCUT2D eigenvalue weighted by Gasteiger charge is -2.28. The fourth-order valence-electron chi connectivity index (χ4n) is 3.44. The molecule has 0 aromatic rings. The van der Waals surface area contributed by atoms with Gasteiger partial charge in [-0.05, 0) is 33.6 Å². The molecule has 0 amide bonds. The number of unbranched alkanes of at least 4 members (excludes halogenated alkanes) is 2. The minimum Gasteiger partial charge on any atom is -0.734 e. The van der Waals surface area contributed by atoms with Gasteiger partial charge in [-0.3, -0.25) is 4.79 Å². The Bertz CT molecular complexity index is 662. The maximum atomic E-state index is 11.3. The average Bonchev–Trinajstić information content (AvgIpc) is 2.66. The smallest absolute Gasteiger partial charge is 0.303 e. The molecule has 0 aromatic heterocycles. The molecule has 2 aliphatic rings. The van der Waals surface area contributed by atoms with Gasteiger partial charge in [0.05, 0.1) is 23.8 Å². The molecule has 0 bridgehead atoms. The fraction of sp³-hybridized carbons (Fsp3) is 0.647. The van der Waals surface area contributed by atoms with E-state index in [9.17, 15) is 17.8 Å². The van der Waals surface area contributed by atoms with Crippen LogP contribution in [0.15, 0.2) is 22.8 Å². The molecular weight excluding hydrogens is 330 g/mol. The van der Waals surface area contributed by atoms with Crippen LogP contribution in [0.1, 0.15) is 52.9 Å². The number of carboxylic acids is 1. The molecule has 0 radical (unpaired) electrons. The van der Waals surface area contributed by atoms with Crippen LogP contribution in [0.4, 0.5) is 0 Å². The van der Waals surface area contributed by atoms with Gasteiger partial charge >= 0.3 is 5.97 Å². The van der Waals surface area contributed by atoms with Crippen LogP contribution in [-0.4, -0.2) is 41.5 Å². The summed E-state index contributed by atoms with van der Waals surface area (Å²) in [6.45, 7) is 7.01. The number of hydrogen-bond donors (Lipinski definition) is 1. The molecule has 1 heterocycles. The van der Waals surface area contributed by atoms with Crippen molar-refractivity contribution in [3.05, 3.63) is 28.7 Å². The maximum Gasteiger partial charge on any atom is 0.303 e. The first-order valence-electron chi connectivity index (χ1n) is 8.28. The zero-order chi connectivity index (χ0) is 18.1. The summed E-state index contributed by atoms with van der Waals surface area (Å²) in [5, 5.41) is 8.68. The molecule has 134 valence electrons. The van der Waals surface area contributed by atoms with Crippen LogP contribution in [0.5, 0.6) is 0 Å². The van der Waals surface area contributed by atoms with Crippen LogP contribution < -0.4 is 0 Å². The van der Waals surface area contributed by atoms with E-state index in [0.717, 1.165) is 31.0 Å². The highest BCUT2D eigenvalue weighted by Gasteiger charge is 2.54. The number of carboxylic acid groups (broad SMARTS) is 1. The lowest BCUT2D eigenvalue weighted by Crippen LogP contribution is -2.34. The topological polar surface area (TPSA) is 97.7 Å². The summed E-state index contributed by atoms with van der Waals surface area (Å²) in [5.41, 5.74) is 0.765. The van der Waals surface area contributed by atoms with E-state index in [1.54, 1.807) is 6.08 Å². The van der Waals surface area contributed by atoms with E-state index in [-0.39, 0.29) is 29.2 Å². The number of carbonyl (C=O) groups is 1. The van der Waals surface area contributed by atoms with Crippen molar-refractivity contribution in [1.29, 1.82) is 0 Å². The molecule has 2 rings (SSSR count). The van der Waals surface area contributed by atoms with Crippen molar-refractivity contribution >= 4 is 16.1 Å². The zero-order valence-corrected chi connectivity index (χ0v) is 15.2. The van der Waals surface area contributed by atoms with Gasteiger partial charge in [0.1, 0.15) is 10.6 Å². The quantitative estimate of drug-likeness (QED) is 0.428. The normalized spacial score (nSPS) is 22.9. The van der Waals surface area contributed by atoms with Crippen molar-refractivity contribution in [2.24, 2.45) is 5.41 Å². The SMILES string of the molecule is CC1N(CCCCCC(=O)O)C2=CCC(S(=O)(=O)[O-])=C[C+]2C1(C)C. The number of nitrogens with zero attached hydrogens (tertiary/aromatic N) is 1. The van der Waals surface area contributed by atoms with E-state index < -0.39 is 16.1 Å². The summed E-state index contributed by atoms with van der Waals surface area (Å²) in [7, 11) is -4.41. The van der Waals surface area contributed by atoms with Gasteiger partial charge < -0.3 is 14.6 Å². The van der Waals surface area contributed by atoms with Gasteiger partial charge in [0.2, 0.25) is 0 Å². The van der Waals surface area contributed by atoms with Crippen molar-refractivity contribution in [1.82, 2.24) is 4.90 Å². The second-order valence-corrected chi connectivity index (χ2v) is 8.50. The number of likely N-dealkylation sites (tertiary alicyclic amines) is 1. The fourth-order valence-corrected chi connectivity index (χ4v) is 3.99. The number of hydrogen-bond acceptors (Lipinski definition) is 5.